The van der Waals surface area contributed by atoms with Gasteiger partial charge in [-0.3, -0.25) is 0 Å². The number of aryl methyl sites for hydroxylation is 1. The number of nitrogens with one attached hydrogen (secondary N) is 1. The first-order valence-electron chi connectivity index (χ1n) is 5.88. The van der Waals surface area contributed by atoms with Crippen molar-refractivity contribution in [2.45, 2.75) is 13.1 Å². The Hall–Kier alpha value is -2.31. The Bertz CT molecular complexity index is 657. The summed E-state index contributed by atoms with van der Waals surface area (Å²) in [4.78, 5) is 0. The molecule has 0 aliphatic heterocycles. The average molecular weight is 302 g/mol. The van der Waals surface area contributed by atoms with Crippen LogP contribution >= 0.6 is 0 Å². The third-order valence-electron chi connectivity index (χ3n) is 2.89. The number of halogens is 5. The summed E-state index contributed by atoms with van der Waals surface area (Å²) in [6.07, 6.45) is -4.54. The molecule has 112 valence electrons. The molecular formula is C14H11F5N2. The SMILES string of the molecule is Cc1ccc(C(F)(F)F)cc1Nc1c(F)cc(N)cc1F. The molecule has 0 bridgehead atoms. The van der Waals surface area contributed by atoms with Crippen molar-refractivity contribution in [3.05, 3.63) is 53.1 Å². The van der Waals surface area contributed by atoms with Crippen molar-refractivity contribution in [1.29, 1.82) is 0 Å². The van der Waals surface area contributed by atoms with Crippen LogP contribution in [0.15, 0.2) is 30.3 Å². The van der Waals surface area contributed by atoms with Gasteiger partial charge in [0.25, 0.3) is 0 Å². The molecule has 0 atom stereocenters. The molecular weight excluding hydrogens is 291 g/mol. The highest BCUT2D eigenvalue weighted by Gasteiger charge is 2.31. The summed E-state index contributed by atoms with van der Waals surface area (Å²) in [5.74, 6) is -1.96. The molecule has 0 aliphatic carbocycles. The zero-order valence-electron chi connectivity index (χ0n) is 10.9. The van der Waals surface area contributed by atoms with Crippen LogP contribution in [-0.4, -0.2) is 0 Å². The Balaban J connectivity index is 2.45. The predicted molar refractivity (Wildman–Crippen MR) is 70.2 cm³/mol. The summed E-state index contributed by atoms with van der Waals surface area (Å²) in [6, 6.07) is 4.68. The number of rotatable bonds is 2. The molecule has 0 amide bonds. The molecule has 0 unspecified atom stereocenters. The maximum atomic E-state index is 13.7. The molecule has 2 nitrogen and oxygen atoms in total. The third kappa shape index (κ3) is 3.24. The normalized spacial score (nSPS) is 11.5. The van der Waals surface area contributed by atoms with Crippen LogP contribution in [0.2, 0.25) is 0 Å². The van der Waals surface area contributed by atoms with Crippen molar-refractivity contribution in [1.82, 2.24) is 0 Å². The van der Waals surface area contributed by atoms with Gasteiger partial charge >= 0.3 is 6.18 Å². The zero-order chi connectivity index (χ0) is 15.8. The van der Waals surface area contributed by atoms with Gasteiger partial charge in [-0.25, -0.2) is 8.78 Å². The van der Waals surface area contributed by atoms with E-state index in [0.717, 1.165) is 24.3 Å². The summed E-state index contributed by atoms with van der Waals surface area (Å²) in [7, 11) is 0. The summed E-state index contributed by atoms with van der Waals surface area (Å²) >= 11 is 0. The number of nitrogens with two attached hydrogens (primary N) is 1. The maximum absolute atomic E-state index is 13.7. The minimum Gasteiger partial charge on any atom is -0.399 e. The van der Waals surface area contributed by atoms with Crippen LogP contribution in [0.4, 0.5) is 39.0 Å². The van der Waals surface area contributed by atoms with Crippen LogP contribution < -0.4 is 11.1 Å². The minimum absolute atomic E-state index is 0.0348. The van der Waals surface area contributed by atoms with E-state index in [1.807, 2.05) is 0 Å². The second-order valence-electron chi connectivity index (χ2n) is 4.51. The molecule has 2 rings (SSSR count). The highest BCUT2D eigenvalue weighted by molar-refractivity contribution is 5.66. The number of anilines is 3. The Morgan fingerprint density at radius 2 is 1.57 bits per heavy atom. The van der Waals surface area contributed by atoms with E-state index in [9.17, 15) is 22.0 Å². The third-order valence-corrected chi connectivity index (χ3v) is 2.89. The first-order valence-corrected chi connectivity index (χ1v) is 5.88. The van der Waals surface area contributed by atoms with Crippen LogP contribution in [-0.2, 0) is 6.18 Å². The fourth-order valence-electron chi connectivity index (χ4n) is 1.78. The lowest BCUT2D eigenvalue weighted by Crippen LogP contribution is -2.07. The molecule has 0 spiro atoms. The van der Waals surface area contributed by atoms with E-state index in [1.54, 1.807) is 0 Å². The van der Waals surface area contributed by atoms with E-state index in [-0.39, 0.29) is 11.4 Å². The number of nitrogen functional groups attached to an aromatic ring is 1. The summed E-state index contributed by atoms with van der Waals surface area (Å²) in [6.45, 7) is 1.52. The Morgan fingerprint density at radius 1 is 1.00 bits per heavy atom. The van der Waals surface area contributed by atoms with Gasteiger partial charge in [-0.15, -0.1) is 0 Å². The first-order chi connectivity index (χ1) is 9.68. The van der Waals surface area contributed by atoms with Crippen molar-refractivity contribution in [3.8, 4) is 0 Å². The minimum atomic E-state index is -4.54. The van der Waals surface area contributed by atoms with Crippen LogP contribution in [0.5, 0.6) is 0 Å². The number of benzene rings is 2. The lowest BCUT2D eigenvalue weighted by atomic mass is 10.1. The zero-order valence-corrected chi connectivity index (χ0v) is 10.9. The van der Waals surface area contributed by atoms with Gasteiger partial charge in [-0.05, 0) is 36.8 Å². The van der Waals surface area contributed by atoms with Gasteiger partial charge in [0.05, 0.1) is 5.56 Å². The van der Waals surface area contributed by atoms with Gasteiger partial charge < -0.3 is 11.1 Å². The Kier molecular flexibility index (Phi) is 3.76. The number of alkyl halides is 3. The lowest BCUT2D eigenvalue weighted by molar-refractivity contribution is -0.137. The van der Waals surface area contributed by atoms with Crippen LogP contribution in [0, 0.1) is 18.6 Å². The van der Waals surface area contributed by atoms with Crippen LogP contribution in [0.3, 0.4) is 0 Å². The van der Waals surface area contributed by atoms with E-state index in [1.165, 1.54) is 13.0 Å². The second-order valence-corrected chi connectivity index (χ2v) is 4.51. The smallest absolute Gasteiger partial charge is 0.399 e. The van der Waals surface area contributed by atoms with Crippen molar-refractivity contribution >= 4 is 17.1 Å². The molecule has 3 N–H and O–H groups in total. The Labute approximate surface area is 117 Å². The standard InChI is InChI=1S/C14H11F5N2/c1-7-2-3-8(14(17,18)19)4-12(7)21-13-10(15)5-9(20)6-11(13)16/h2-6,21H,20H2,1H3. The summed E-state index contributed by atoms with van der Waals surface area (Å²) in [5.41, 5.74) is 4.08. The van der Waals surface area contributed by atoms with Gasteiger partial charge in [-0.2, -0.15) is 13.2 Å². The quantitative estimate of drug-likeness (QED) is 0.627. The molecule has 0 heterocycles. The van der Waals surface area contributed by atoms with E-state index in [2.05, 4.69) is 5.32 Å². The predicted octanol–water partition coefficient (Wildman–Crippen LogP) is 4.62. The van der Waals surface area contributed by atoms with Crippen molar-refractivity contribution in [3.63, 3.8) is 0 Å². The average Bonchev–Trinajstić information content (AvgIpc) is 2.34. The highest BCUT2D eigenvalue weighted by atomic mass is 19.4. The van der Waals surface area contributed by atoms with Gasteiger partial charge in [-0.1, -0.05) is 6.07 Å². The summed E-state index contributed by atoms with van der Waals surface area (Å²) in [5, 5.41) is 2.34. The molecule has 0 fully saturated rings. The molecule has 0 saturated heterocycles. The van der Waals surface area contributed by atoms with E-state index in [0.29, 0.717) is 5.56 Å². The molecule has 0 saturated carbocycles. The maximum Gasteiger partial charge on any atom is 0.416 e. The van der Waals surface area contributed by atoms with E-state index < -0.39 is 29.1 Å². The van der Waals surface area contributed by atoms with Gasteiger partial charge in [0.2, 0.25) is 0 Å². The van der Waals surface area contributed by atoms with Gasteiger partial charge in [0.1, 0.15) is 5.69 Å². The van der Waals surface area contributed by atoms with E-state index in [4.69, 9.17) is 5.73 Å². The van der Waals surface area contributed by atoms with Gasteiger partial charge in [0, 0.05) is 11.4 Å². The highest BCUT2D eigenvalue weighted by Crippen LogP contribution is 2.34. The monoisotopic (exact) mass is 302 g/mol. The molecule has 2 aromatic carbocycles. The van der Waals surface area contributed by atoms with Crippen LogP contribution in [0.1, 0.15) is 11.1 Å². The molecule has 0 radical (unpaired) electrons. The summed E-state index contributed by atoms with van der Waals surface area (Å²) < 4.78 is 65.3. The fourth-order valence-corrected chi connectivity index (χ4v) is 1.78. The fraction of sp³-hybridized carbons (Fsp3) is 0.143. The molecule has 21 heavy (non-hydrogen) atoms. The lowest BCUT2D eigenvalue weighted by Gasteiger charge is -2.14. The topological polar surface area (TPSA) is 38.0 Å². The molecule has 2 aromatic rings. The van der Waals surface area contributed by atoms with Crippen molar-refractivity contribution in [2.75, 3.05) is 11.1 Å². The first kappa shape index (κ1) is 15.1. The van der Waals surface area contributed by atoms with E-state index >= 15 is 0 Å². The largest absolute Gasteiger partial charge is 0.416 e. The molecule has 0 aromatic heterocycles. The van der Waals surface area contributed by atoms with Crippen molar-refractivity contribution in [2.24, 2.45) is 0 Å². The van der Waals surface area contributed by atoms with Gasteiger partial charge in [0.15, 0.2) is 11.6 Å². The van der Waals surface area contributed by atoms with Crippen LogP contribution in [0.25, 0.3) is 0 Å². The molecule has 0 aliphatic rings. The Morgan fingerprint density at radius 3 is 2.10 bits per heavy atom. The number of hydrogen-bond donors (Lipinski definition) is 2. The number of hydrogen-bond acceptors (Lipinski definition) is 2. The molecule has 7 heteroatoms. The second kappa shape index (κ2) is 5.23. The van der Waals surface area contributed by atoms with Crippen molar-refractivity contribution < 1.29 is 22.0 Å².